The number of carbonyl (C=O) groups excluding carboxylic acids is 1. The first-order chi connectivity index (χ1) is 14.0. The van der Waals surface area contributed by atoms with Gasteiger partial charge in [0.05, 0.1) is 16.6 Å². The number of carbonyl (C=O) groups is 1. The second-order valence-electron chi connectivity index (χ2n) is 7.93. The lowest BCUT2D eigenvalue weighted by molar-refractivity contribution is -0.133. The van der Waals surface area contributed by atoms with Gasteiger partial charge in [0.2, 0.25) is 5.91 Å². The predicted octanol–water partition coefficient (Wildman–Crippen LogP) is 2.72. The molecule has 6 nitrogen and oxygen atoms in total. The van der Waals surface area contributed by atoms with Gasteiger partial charge >= 0.3 is 5.69 Å². The topological polar surface area (TPSA) is 64.3 Å². The Bertz CT molecular complexity index is 1170. The summed E-state index contributed by atoms with van der Waals surface area (Å²) in [5.74, 6) is 0.532. The van der Waals surface area contributed by atoms with Gasteiger partial charge in [-0.2, -0.15) is 0 Å². The Morgan fingerprint density at radius 1 is 1.00 bits per heavy atom. The van der Waals surface area contributed by atoms with Gasteiger partial charge in [-0.1, -0.05) is 36.8 Å². The van der Waals surface area contributed by atoms with Crippen LogP contribution >= 0.6 is 0 Å². The van der Waals surface area contributed by atoms with E-state index < -0.39 is 5.69 Å². The third-order valence-corrected chi connectivity index (χ3v) is 5.77. The Morgan fingerprint density at radius 3 is 2.34 bits per heavy atom. The molecule has 0 unspecified atom stereocenters. The van der Waals surface area contributed by atoms with E-state index >= 15 is 0 Å². The summed E-state index contributed by atoms with van der Waals surface area (Å²) in [7, 11) is 0. The van der Waals surface area contributed by atoms with E-state index in [4.69, 9.17) is 0 Å². The van der Waals surface area contributed by atoms with Crippen LogP contribution in [0.3, 0.4) is 0 Å². The quantitative estimate of drug-likeness (QED) is 0.690. The molecule has 1 aliphatic rings. The molecule has 1 aromatic heterocycles. The van der Waals surface area contributed by atoms with Gasteiger partial charge in [0, 0.05) is 13.1 Å². The molecule has 3 aromatic rings. The number of piperidine rings is 1. The van der Waals surface area contributed by atoms with Crippen molar-refractivity contribution >= 4 is 16.8 Å². The summed E-state index contributed by atoms with van der Waals surface area (Å²) in [5, 5.41) is 0.424. The molecule has 1 aliphatic heterocycles. The fourth-order valence-corrected chi connectivity index (χ4v) is 3.89. The smallest absolute Gasteiger partial charge is 0.336 e. The monoisotopic (exact) mass is 391 g/mol. The van der Waals surface area contributed by atoms with Crippen LogP contribution in [0.5, 0.6) is 0 Å². The number of aryl methyl sites for hydroxylation is 1. The second-order valence-corrected chi connectivity index (χ2v) is 7.93. The van der Waals surface area contributed by atoms with Gasteiger partial charge in [0.1, 0.15) is 6.54 Å². The molecule has 0 atom stereocenters. The lowest BCUT2D eigenvalue weighted by Crippen LogP contribution is -2.44. The van der Waals surface area contributed by atoms with E-state index in [1.54, 1.807) is 36.4 Å². The fourth-order valence-electron chi connectivity index (χ4n) is 3.89. The van der Waals surface area contributed by atoms with Crippen LogP contribution in [0.1, 0.15) is 25.3 Å². The van der Waals surface area contributed by atoms with Crippen molar-refractivity contribution in [1.29, 1.82) is 0 Å². The molecule has 0 N–H and O–H groups in total. The molecule has 0 saturated carbocycles. The average molecular weight is 391 g/mol. The number of hydrogen-bond acceptors (Lipinski definition) is 3. The van der Waals surface area contributed by atoms with Gasteiger partial charge in [-0.15, -0.1) is 0 Å². The first-order valence-corrected chi connectivity index (χ1v) is 10.0. The molecule has 0 aliphatic carbocycles. The summed E-state index contributed by atoms with van der Waals surface area (Å²) in [6.45, 7) is 5.50. The predicted molar refractivity (Wildman–Crippen MR) is 114 cm³/mol. The van der Waals surface area contributed by atoms with Crippen molar-refractivity contribution in [2.24, 2.45) is 5.92 Å². The molecule has 6 heteroatoms. The summed E-state index contributed by atoms with van der Waals surface area (Å²) >= 11 is 0. The number of benzene rings is 2. The van der Waals surface area contributed by atoms with E-state index in [1.807, 2.05) is 24.0 Å². The first kappa shape index (κ1) is 19.2. The van der Waals surface area contributed by atoms with E-state index in [0.717, 1.165) is 23.0 Å². The molecule has 0 radical (unpaired) electrons. The maximum atomic E-state index is 13.3. The molecule has 1 amide bonds. The number of amides is 1. The van der Waals surface area contributed by atoms with Crippen LogP contribution in [-0.4, -0.2) is 33.0 Å². The van der Waals surface area contributed by atoms with E-state index in [-0.39, 0.29) is 18.0 Å². The van der Waals surface area contributed by atoms with E-state index in [2.05, 4.69) is 6.92 Å². The van der Waals surface area contributed by atoms with Crippen molar-refractivity contribution in [1.82, 2.24) is 14.0 Å². The Kier molecular flexibility index (Phi) is 5.09. The highest BCUT2D eigenvalue weighted by atomic mass is 16.2. The normalized spacial score (nSPS) is 15.0. The molecule has 150 valence electrons. The third-order valence-electron chi connectivity index (χ3n) is 5.77. The average Bonchev–Trinajstić information content (AvgIpc) is 2.73. The van der Waals surface area contributed by atoms with Crippen LogP contribution in [0.2, 0.25) is 0 Å². The lowest BCUT2D eigenvalue weighted by atomic mass is 9.99. The number of para-hydroxylation sites is 1. The van der Waals surface area contributed by atoms with E-state index in [9.17, 15) is 14.4 Å². The van der Waals surface area contributed by atoms with Crippen molar-refractivity contribution in [3.8, 4) is 5.69 Å². The molecule has 1 fully saturated rings. The van der Waals surface area contributed by atoms with Crippen LogP contribution in [0.25, 0.3) is 16.6 Å². The number of nitrogens with zero attached hydrogens (tertiary/aromatic N) is 3. The molecule has 2 heterocycles. The largest absolute Gasteiger partial charge is 0.341 e. The molecule has 1 saturated heterocycles. The minimum atomic E-state index is -0.490. The molecular weight excluding hydrogens is 366 g/mol. The molecule has 4 rings (SSSR count). The van der Waals surface area contributed by atoms with Gasteiger partial charge in [-0.3, -0.25) is 14.2 Å². The van der Waals surface area contributed by atoms with Crippen molar-refractivity contribution in [2.75, 3.05) is 13.1 Å². The number of aromatic nitrogens is 2. The minimum absolute atomic E-state index is 0.0696. The van der Waals surface area contributed by atoms with Crippen molar-refractivity contribution in [3.05, 3.63) is 74.9 Å². The van der Waals surface area contributed by atoms with Gasteiger partial charge < -0.3 is 4.90 Å². The maximum Gasteiger partial charge on any atom is 0.336 e. The van der Waals surface area contributed by atoms with E-state index in [0.29, 0.717) is 35.6 Å². The van der Waals surface area contributed by atoms with Gasteiger partial charge in [-0.05, 0) is 49.9 Å². The first-order valence-electron chi connectivity index (χ1n) is 10.0. The number of fused-ring (bicyclic) bond motifs is 1. The zero-order valence-corrected chi connectivity index (χ0v) is 16.8. The SMILES string of the molecule is Cc1ccc(-n2c(=O)c3ccccc3n(CC(=O)N3CCC(C)CC3)c2=O)cc1. The fraction of sp³-hybridized carbons (Fsp3) is 0.348. The molecule has 2 aromatic carbocycles. The highest BCUT2D eigenvalue weighted by molar-refractivity contribution is 5.82. The maximum absolute atomic E-state index is 13.3. The van der Waals surface area contributed by atoms with Crippen LogP contribution in [0, 0.1) is 12.8 Å². The molecular formula is C23H25N3O3. The van der Waals surface area contributed by atoms with Crippen LogP contribution in [0.15, 0.2) is 58.1 Å². The Balaban J connectivity index is 1.83. The summed E-state index contributed by atoms with van der Waals surface area (Å²) in [5.41, 5.74) is 1.17. The summed E-state index contributed by atoms with van der Waals surface area (Å²) in [6.07, 6.45) is 1.95. The van der Waals surface area contributed by atoms with Crippen LogP contribution < -0.4 is 11.2 Å². The Labute approximate surface area is 169 Å². The van der Waals surface area contributed by atoms with Gasteiger partial charge in [0.25, 0.3) is 5.56 Å². The van der Waals surface area contributed by atoms with Crippen LogP contribution in [0.4, 0.5) is 0 Å². The zero-order valence-electron chi connectivity index (χ0n) is 16.8. The highest BCUT2D eigenvalue weighted by Crippen LogP contribution is 2.17. The number of likely N-dealkylation sites (tertiary alicyclic amines) is 1. The summed E-state index contributed by atoms with van der Waals surface area (Å²) < 4.78 is 2.59. The van der Waals surface area contributed by atoms with Crippen LogP contribution in [-0.2, 0) is 11.3 Å². The Morgan fingerprint density at radius 2 is 1.66 bits per heavy atom. The van der Waals surface area contributed by atoms with Crippen molar-refractivity contribution in [3.63, 3.8) is 0 Å². The minimum Gasteiger partial charge on any atom is -0.341 e. The van der Waals surface area contributed by atoms with Gasteiger partial charge in [-0.25, -0.2) is 9.36 Å². The number of hydrogen-bond donors (Lipinski definition) is 0. The second kappa shape index (κ2) is 7.70. The standard InChI is InChI=1S/C23H25N3O3/c1-16-7-9-18(10-8-16)26-22(28)19-5-3-4-6-20(19)25(23(26)29)15-21(27)24-13-11-17(2)12-14-24/h3-10,17H,11-15H2,1-2H3. The van der Waals surface area contributed by atoms with E-state index in [1.165, 1.54) is 4.57 Å². The molecule has 0 bridgehead atoms. The van der Waals surface area contributed by atoms with Gasteiger partial charge in [0.15, 0.2) is 0 Å². The zero-order chi connectivity index (χ0) is 20.5. The molecule has 29 heavy (non-hydrogen) atoms. The summed E-state index contributed by atoms with van der Waals surface area (Å²) in [4.78, 5) is 41.1. The van der Waals surface area contributed by atoms with Crippen molar-refractivity contribution in [2.45, 2.75) is 33.2 Å². The molecule has 0 spiro atoms. The number of rotatable bonds is 3. The third kappa shape index (κ3) is 3.62. The summed E-state index contributed by atoms with van der Waals surface area (Å²) in [6, 6.07) is 14.2. The lowest BCUT2D eigenvalue weighted by Gasteiger charge is -2.30. The highest BCUT2D eigenvalue weighted by Gasteiger charge is 2.22. The Hall–Kier alpha value is -3.15. The van der Waals surface area contributed by atoms with Crippen molar-refractivity contribution < 1.29 is 4.79 Å².